The Morgan fingerprint density at radius 2 is 1.64 bits per heavy atom. The first-order valence-corrected chi connectivity index (χ1v) is 6.94. The Morgan fingerprint density at radius 3 is 2.18 bits per heavy atom. The van der Waals surface area contributed by atoms with Crippen molar-refractivity contribution in [1.82, 2.24) is 0 Å². The van der Waals surface area contributed by atoms with Crippen LogP contribution in [0.3, 0.4) is 0 Å². The van der Waals surface area contributed by atoms with Gasteiger partial charge in [0.05, 0.1) is 4.92 Å². The van der Waals surface area contributed by atoms with Crippen molar-refractivity contribution in [2.45, 2.75) is 27.7 Å². The zero-order chi connectivity index (χ0) is 16.4. The molecule has 0 fully saturated rings. The van der Waals surface area contributed by atoms with Crippen LogP contribution >= 0.6 is 0 Å². The molecule has 0 aliphatic heterocycles. The fraction of sp³-hybridized carbons (Fsp3) is 0.235. The summed E-state index contributed by atoms with van der Waals surface area (Å²) in [5.41, 5.74) is 4.06. The minimum absolute atomic E-state index is 0.0735. The second-order valence-electron chi connectivity index (χ2n) is 5.46. The van der Waals surface area contributed by atoms with Crippen molar-refractivity contribution in [2.75, 3.05) is 5.32 Å². The Labute approximate surface area is 129 Å². The zero-order valence-electron chi connectivity index (χ0n) is 13.1. The molecule has 0 saturated heterocycles. The standard InChI is InChI=1S/C17H18N2O3/c1-10-8-12(3)15(13(4)9-10)18-17(20)14-7-5-6-11(2)16(14)19(21)22/h5-9H,1-4H3,(H,18,20). The van der Waals surface area contributed by atoms with Crippen LogP contribution in [0, 0.1) is 37.8 Å². The maximum Gasteiger partial charge on any atom is 0.285 e. The number of nitrogens with zero attached hydrogens (tertiary/aromatic N) is 1. The fourth-order valence-electron chi connectivity index (χ4n) is 2.64. The number of nitrogens with one attached hydrogen (secondary N) is 1. The number of nitro groups is 1. The lowest BCUT2D eigenvalue weighted by molar-refractivity contribution is -0.385. The number of nitro benzene ring substituents is 1. The summed E-state index contributed by atoms with van der Waals surface area (Å²) in [4.78, 5) is 23.2. The van der Waals surface area contributed by atoms with Crippen LogP contribution in [0.4, 0.5) is 11.4 Å². The van der Waals surface area contributed by atoms with E-state index in [1.54, 1.807) is 19.1 Å². The molecule has 0 atom stereocenters. The Bertz CT molecular complexity index is 743. The maximum atomic E-state index is 12.5. The van der Waals surface area contributed by atoms with E-state index in [4.69, 9.17) is 0 Å². The van der Waals surface area contributed by atoms with Crippen LogP contribution in [0.15, 0.2) is 30.3 Å². The molecule has 0 saturated carbocycles. The van der Waals surface area contributed by atoms with Gasteiger partial charge in [0.2, 0.25) is 0 Å². The summed E-state index contributed by atoms with van der Waals surface area (Å²) in [7, 11) is 0. The monoisotopic (exact) mass is 298 g/mol. The first-order chi connectivity index (χ1) is 10.3. The topological polar surface area (TPSA) is 72.2 Å². The maximum absolute atomic E-state index is 12.5. The van der Waals surface area contributed by atoms with E-state index < -0.39 is 10.8 Å². The third-order valence-electron chi connectivity index (χ3n) is 3.58. The summed E-state index contributed by atoms with van der Waals surface area (Å²) in [6.45, 7) is 7.41. The molecule has 114 valence electrons. The van der Waals surface area contributed by atoms with Gasteiger partial charge in [-0.05, 0) is 44.9 Å². The van der Waals surface area contributed by atoms with Crippen LogP contribution in [0.25, 0.3) is 0 Å². The number of hydrogen-bond donors (Lipinski definition) is 1. The average molecular weight is 298 g/mol. The molecule has 2 rings (SSSR count). The normalized spacial score (nSPS) is 10.4. The highest BCUT2D eigenvalue weighted by atomic mass is 16.6. The minimum Gasteiger partial charge on any atom is -0.321 e. The summed E-state index contributed by atoms with van der Waals surface area (Å²) in [5, 5.41) is 14.0. The van der Waals surface area contributed by atoms with E-state index in [1.165, 1.54) is 6.07 Å². The predicted octanol–water partition coefficient (Wildman–Crippen LogP) is 4.08. The molecule has 22 heavy (non-hydrogen) atoms. The molecule has 0 aliphatic rings. The van der Waals surface area contributed by atoms with Crippen molar-refractivity contribution in [3.05, 3.63) is 68.3 Å². The molecule has 0 bridgehead atoms. The molecule has 0 aromatic heterocycles. The zero-order valence-corrected chi connectivity index (χ0v) is 13.1. The number of amides is 1. The van der Waals surface area contributed by atoms with Crippen molar-refractivity contribution in [1.29, 1.82) is 0 Å². The number of rotatable bonds is 3. The molecule has 2 aromatic carbocycles. The van der Waals surface area contributed by atoms with Gasteiger partial charge >= 0.3 is 0 Å². The predicted molar refractivity (Wildman–Crippen MR) is 86.4 cm³/mol. The van der Waals surface area contributed by atoms with Gasteiger partial charge in [-0.25, -0.2) is 0 Å². The average Bonchev–Trinajstić information content (AvgIpc) is 2.41. The molecular weight excluding hydrogens is 280 g/mol. The van der Waals surface area contributed by atoms with Gasteiger partial charge in [0.15, 0.2) is 0 Å². The Kier molecular flexibility index (Phi) is 4.26. The van der Waals surface area contributed by atoms with E-state index in [9.17, 15) is 14.9 Å². The van der Waals surface area contributed by atoms with Crippen LogP contribution in [0.2, 0.25) is 0 Å². The lowest BCUT2D eigenvalue weighted by Gasteiger charge is -2.13. The Balaban J connectivity index is 2.43. The fourth-order valence-corrected chi connectivity index (χ4v) is 2.64. The van der Waals surface area contributed by atoms with Gasteiger partial charge in [-0.3, -0.25) is 14.9 Å². The summed E-state index contributed by atoms with van der Waals surface area (Å²) < 4.78 is 0. The highest BCUT2D eigenvalue weighted by Crippen LogP contribution is 2.26. The van der Waals surface area contributed by atoms with Gasteiger partial charge in [0, 0.05) is 11.3 Å². The molecule has 5 heteroatoms. The number of carbonyl (C=O) groups is 1. The van der Waals surface area contributed by atoms with Crippen LogP contribution in [-0.2, 0) is 0 Å². The Morgan fingerprint density at radius 1 is 1.05 bits per heavy atom. The molecule has 1 amide bonds. The largest absolute Gasteiger partial charge is 0.321 e. The molecule has 5 nitrogen and oxygen atoms in total. The molecule has 0 heterocycles. The van der Waals surface area contributed by atoms with Gasteiger partial charge in [-0.15, -0.1) is 0 Å². The van der Waals surface area contributed by atoms with E-state index in [0.29, 0.717) is 11.3 Å². The Hall–Kier alpha value is -2.69. The molecule has 0 radical (unpaired) electrons. The first kappa shape index (κ1) is 15.7. The summed E-state index contributed by atoms with van der Waals surface area (Å²) in [5.74, 6) is -0.467. The third-order valence-corrected chi connectivity index (χ3v) is 3.58. The molecule has 1 N–H and O–H groups in total. The molecule has 0 spiro atoms. The quantitative estimate of drug-likeness (QED) is 0.685. The van der Waals surface area contributed by atoms with Crippen molar-refractivity contribution in [3.8, 4) is 0 Å². The number of benzene rings is 2. The molecule has 0 unspecified atom stereocenters. The number of carbonyl (C=O) groups excluding carboxylic acids is 1. The third kappa shape index (κ3) is 2.98. The van der Waals surface area contributed by atoms with Crippen molar-refractivity contribution < 1.29 is 9.72 Å². The van der Waals surface area contributed by atoms with Gasteiger partial charge in [-0.1, -0.05) is 29.8 Å². The van der Waals surface area contributed by atoms with E-state index in [0.717, 1.165) is 16.7 Å². The summed E-state index contributed by atoms with van der Waals surface area (Å²) >= 11 is 0. The van der Waals surface area contributed by atoms with E-state index in [-0.39, 0.29) is 11.3 Å². The number of para-hydroxylation sites is 1. The van der Waals surface area contributed by atoms with Crippen molar-refractivity contribution in [3.63, 3.8) is 0 Å². The van der Waals surface area contributed by atoms with Crippen molar-refractivity contribution >= 4 is 17.3 Å². The number of hydrogen-bond acceptors (Lipinski definition) is 3. The lowest BCUT2D eigenvalue weighted by Crippen LogP contribution is -2.16. The van der Waals surface area contributed by atoms with Gasteiger partial charge in [0.1, 0.15) is 5.56 Å². The van der Waals surface area contributed by atoms with E-state index in [1.807, 2.05) is 32.9 Å². The van der Waals surface area contributed by atoms with Gasteiger partial charge in [0.25, 0.3) is 11.6 Å². The molecule has 2 aromatic rings. The van der Waals surface area contributed by atoms with E-state index in [2.05, 4.69) is 5.32 Å². The smallest absolute Gasteiger partial charge is 0.285 e. The SMILES string of the molecule is Cc1cc(C)c(NC(=O)c2cccc(C)c2[N+](=O)[O-])c(C)c1. The number of anilines is 1. The van der Waals surface area contributed by atoms with Crippen LogP contribution in [-0.4, -0.2) is 10.8 Å². The van der Waals surface area contributed by atoms with E-state index >= 15 is 0 Å². The van der Waals surface area contributed by atoms with Gasteiger partial charge < -0.3 is 5.32 Å². The van der Waals surface area contributed by atoms with Crippen molar-refractivity contribution in [2.24, 2.45) is 0 Å². The number of aryl methyl sites for hydroxylation is 4. The molecule has 0 aliphatic carbocycles. The minimum atomic E-state index is -0.515. The highest BCUT2D eigenvalue weighted by molar-refractivity contribution is 6.08. The van der Waals surface area contributed by atoms with Gasteiger partial charge in [-0.2, -0.15) is 0 Å². The second kappa shape index (κ2) is 5.97. The molecular formula is C17H18N2O3. The van der Waals surface area contributed by atoms with Crippen LogP contribution in [0.5, 0.6) is 0 Å². The highest BCUT2D eigenvalue weighted by Gasteiger charge is 2.23. The second-order valence-corrected chi connectivity index (χ2v) is 5.46. The van der Waals surface area contributed by atoms with Crippen LogP contribution in [0.1, 0.15) is 32.6 Å². The van der Waals surface area contributed by atoms with Crippen LogP contribution < -0.4 is 5.32 Å². The lowest BCUT2D eigenvalue weighted by atomic mass is 10.0. The summed E-state index contributed by atoms with van der Waals surface area (Å²) in [6.07, 6.45) is 0. The first-order valence-electron chi connectivity index (χ1n) is 6.94. The summed E-state index contributed by atoms with van der Waals surface area (Å²) in [6, 6.07) is 8.67.